The minimum atomic E-state index is 0.439. The molecule has 3 aromatic rings. The third kappa shape index (κ3) is 3.59. The summed E-state index contributed by atoms with van der Waals surface area (Å²) in [4.78, 5) is 15.0. The Bertz CT molecular complexity index is 940. The highest BCUT2D eigenvalue weighted by molar-refractivity contribution is 5.48. The highest BCUT2D eigenvalue weighted by Crippen LogP contribution is 2.30. The summed E-state index contributed by atoms with van der Waals surface area (Å²) in [5.74, 6) is 3.12. The monoisotopic (exact) mass is 395 g/mol. The van der Waals surface area contributed by atoms with Gasteiger partial charge in [0, 0.05) is 39.1 Å². The highest BCUT2D eigenvalue weighted by atomic mass is 16.5. The summed E-state index contributed by atoms with van der Waals surface area (Å²) in [5, 5.41) is 13.2. The highest BCUT2D eigenvalue weighted by Gasteiger charge is 2.30. The van der Waals surface area contributed by atoms with Crippen LogP contribution in [0, 0.1) is 5.92 Å². The van der Waals surface area contributed by atoms with Gasteiger partial charge in [0.25, 0.3) is 5.95 Å². The van der Waals surface area contributed by atoms with Crippen molar-refractivity contribution in [2.24, 2.45) is 13.0 Å². The van der Waals surface area contributed by atoms with Gasteiger partial charge in [-0.05, 0) is 44.1 Å². The number of rotatable bonds is 4. The number of piperidine rings is 1. The normalized spacial score (nSPS) is 20.9. The Balaban J connectivity index is 1.29. The Hall–Kier alpha value is -2.88. The molecular formula is C19H25N9O. The van der Waals surface area contributed by atoms with E-state index < -0.39 is 0 Å². The summed E-state index contributed by atoms with van der Waals surface area (Å²) in [6, 6.07) is 1.76. The first-order chi connectivity index (χ1) is 14.3. The van der Waals surface area contributed by atoms with E-state index in [9.17, 15) is 0 Å². The van der Waals surface area contributed by atoms with E-state index in [1.165, 1.54) is 19.3 Å². The van der Waals surface area contributed by atoms with Gasteiger partial charge in [-0.2, -0.15) is 4.68 Å². The van der Waals surface area contributed by atoms with E-state index in [0.29, 0.717) is 29.6 Å². The van der Waals surface area contributed by atoms with Crippen LogP contribution in [-0.4, -0.2) is 65.3 Å². The molecular weight excluding hydrogens is 370 g/mol. The van der Waals surface area contributed by atoms with E-state index in [0.717, 1.165) is 38.5 Å². The summed E-state index contributed by atoms with van der Waals surface area (Å²) in [6.45, 7) is 2.86. The van der Waals surface area contributed by atoms with Gasteiger partial charge in [-0.1, -0.05) is 0 Å². The molecule has 2 aliphatic heterocycles. The maximum Gasteiger partial charge on any atom is 0.251 e. The van der Waals surface area contributed by atoms with Gasteiger partial charge in [-0.25, -0.2) is 15.0 Å². The lowest BCUT2D eigenvalue weighted by atomic mass is 9.87. The van der Waals surface area contributed by atoms with Crippen molar-refractivity contribution < 1.29 is 4.74 Å². The number of hydrogen-bond acceptors (Lipinski definition) is 8. The van der Waals surface area contributed by atoms with Gasteiger partial charge in [0.05, 0.1) is 6.10 Å². The molecule has 152 valence electrons. The summed E-state index contributed by atoms with van der Waals surface area (Å²) in [7, 11) is 1.96. The standard InChI is InChI=1S/C19H25N9O/c1-26-17(16-22-13-28(25-16)18-20-8-4-9-21-18)23-24-19(26)27-10-6-14(7-11-27)15-5-2-3-12-29-15/h4,8-9,13-15H,2-3,5-7,10-12H2,1H3. The van der Waals surface area contributed by atoms with Gasteiger partial charge in [-0.15, -0.1) is 15.3 Å². The van der Waals surface area contributed by atoms with Crippen LogP contribution in [0.2, 0.25) is 0 Å². The number of hydrogen-bond donors (Lipinski definition) is 0. The van der Waals surface area contributed by atoms with Crippen LogP contribution in [0.15, 0.2) is 24.8 Å². The van der Waals surface area contributed by atoms with Crippen LogP contribution in [0.5, 0.6) is 0 Å². The Morgan fingerprint density at radius 3 is 2.59 bits per heavy atom. The largest absolute Gasteiger partial charge is 0.378 e. The second-order valence-corrected chi connectivity index (χ2v) is 7.67. The van der Waals surface area contributed by atoms with Crippen LogP contribution in [0.25, 0.3) is 17.6 Å². The average molecular weight is 395 g/mol. The van der Waals surface area contributed by atoms with E-state index >= 15 is 0 Å². The molecule has 10 nitrogen and oxygen atoms in total. The van der Waals surface area contributed by atoms with Gasteiger partial charge in [0.15, 0.2) is 0 Å². The third-order valence-corrected chi connectivity index (χ3v) is 5.86. The molecule has 29 heavy (non-hydrogen) atoms. The average Bonchev–Trinajstić information content (AvgIpc) is 3.42. The second kappa shape index (κ2) is 7.86. The lowest BCUT2D eigenvalue weighted by molar-refractivity contribution is -0.0270. The maximum absolute atomic E-state index is 6.00. The van der Waals surface area contributed by atoms with Crippen molar-refractivity contribution in [3.8, 4) is 17.6 Å². The van der Waals surface area contributed by atoms with Crippen molar-refractivity contribution >= 4 is 5.95 Å². The first-order valence-electron chi connectivity index (χ1n) is 10.2. The lowest BCUT2D eigenvalue weighted by Gasteiger charge is -2.37. The smallest absolute Gasteiger partial charge is 0.251 e. The van der Waals surface area contributed by atoms with E-state index in [2.05, 4.69) is 35.1 Å². The Labute approximate surface area is 169 Å². The summed E-state index contributed by atoms with van der Waals surface area (Å²) < 4.78 is 9.50. The molecule has 1 unspecified atom stereocenters. The number of aromatic nitrogens is 8. The van der Waals surface area contributed by atoms with Crippen molar-refractivity contribution in [2.45, 2.75) is 38.2 Å². The Kier molecular flexibility index (Phi) is 4.92. The molecule has 5 rings (SSSR count). The Morgan fingerprint density at radius 2 is 1.83 bits per heavy atom. The summed E-state index contributed by atoms with van der Waals surface area (Å²) >= 11 is 0. The van der Waals surface area contributed by atoms with E-state index in [1.807, 2.05) is 11.6 Å². The van der Waals surface area contributed by atoms with Crippen LogP contribution < -0.4 is 4.90 Å². The minimum absolute atomic E-state index is 0.439. The second-order valence-electron chi connectivity index (χ2n) is 7.67. The first kappa shape index (κ1) is 18.2. The van der Waals surface area contributed by atoms with Crippen molar-refractivity contribution in [1.82, 2.24) is 39.5 Å². The van der Waals surface area contributed by atoms with Crippen molar-refractivity contribution in [3.05, 3.63) is 24.8 Å². The third-order valence-electron chi connectivity index (χ3n) is 5.86. The molecule has 0 spiro atoms. The zero-order valence-electron chi connectivity index (χ0n) is 16.6. The lowest BCUT2D eigenvalue weighted by Crippen LogP contribution is -2.40. The molecule has 2 fully saturated rings. The van der Waals surface area contributed by atoms with Crippen LogP contribution in [0.4, 0.5) is 5.95 Å². The molecule has 10 heteroatoms. The van der Waals surface area contributed by atoms with E-state index in [4.69, 9.17) is 4.74 Å². The summed E-state index contributed by atoms with van der Waals surface area (Å²) in [6.07, 6.45) is 11.3. The van der Waals surface area contributed by atoms with E-state index in [1.54, 1.807) is 29.5 Å². The van der Waals surface area contributed by atoms with Crippen molar-refractivity contribution in [1.29, 1.82) is 0 Å². The quantitative estimate of drug-likeness (QED) is 0.657. The molecule has 0 bridgehead atoms. The SMILES string of the molecule is Cn1c(-c2ncn(-c3ncccn3)n2)nnc1N1CCC(C2CCCCO2)CC1. The van der Waals surface area contributed by atoms with Gasteiger partial charge in [0.1, 0.15) is 6.33 Å². The number of ether oxygens (including phenoxy) is 1. The molecule has 2 aliphatic rings. The Morgan fingerprint density at radius 1 is 1.00 bits per heavy atom. The molecule has 3 aromatic heterocycles. The molecule has 0 radical (unpaired) electrons. The fourth-order valence-corrected chi connectivity index (χ4v) is 4.27. The van der Waals surface area contributed by atoms with Gasteiger partial charge < -0.3 is 9.64 Å². The zero-order chi connectivity index (χ0) is 19.6. The maximum atomic E-state index is 6.00. The fraction of sp³-hybridized carbons (Fsp3) is 0.579. The molecule has 2 saturated heterocycles. The zero-order valence-corrected chi connectivity index (χ0v) is 16.6. The molecule has 0 saturated carbocycles. The number of anilines is 1. The number of nitrogens with zero attached hydrogens (tertiary/aromatic N) is 9. The van der Waals surface area contributed by atoms with Crippen LogP contribution in [-0.2, 0) is 11.8 Å². The predicted octanol–water partition coefficient (Wildman–Crippen LogP) is 1.64. The van der Waals surface area contributed by atoms with Gasteiger partial charge in [0.2, 0.25) is 17.6 Å². The van der Waals surface area contributed by atoms with E-state index in [-0.39, 0.29) is 0 Å². The minimum Gasteiger partial charge on any atom is -0.378 e. The van der Waals surface area contributed by atoms with Crippen molar-refractivity contribution in [2.75, 3.05) is 24.6 Å². The molecule has 5 heterocycles. The molecule has 0 N–H and O–H groups in total. The predicted molar refractivity (Wildman–Crippen MR) is 105 cm³/mol. The van der Waals surface area contributed by atoms with Gasteiger partial charge >= 0.3 is 0 Å². The molecule has 1 atom stereocenters. The van der Waals surface area contributed by atoms with Gasteiger partial charge in [-0.3, -0.25) is 4.57 Å². The van der Waals surface area contributed by atoms with Crippen molar-refractivity contribution in [3.63, 3.8) is 0 Å². The fourth-order valence-electron chi connectivity index (χ4n) is 4.27. The van der Waals surface area contributed by atoms with Crippen LogP contribution >= 0.6 is 0 Å². The topological polar surface area (TPSA) is 99.7 Å². The van der Waals surface area contributed by atoms with Crippen LogP contribution in [0.3, 0.4) is 0 Å². The molecule has 0 aromatic carbocycles. The molecule has 0 amide bonds. The van der Waals surface area contributed by atoms with Crippen LogP contribution in [0.1, 0.15) is 32.1 Å². The first-order valence-corrected chi connectivity index (χ1v) is 10.2. The molecule has 0 aliphatic carbocycles. The summed E-state index contributed by atoms with van der Waals surface area (Å²) in [5.41, 5.74) is 0.